The lowest BCUT2D eigenvalue weighted by Gasteiger charge is -2.26. The van der Waals surface area contributed by atoms with E-state index in [-0.39, 0.29) is 5.57 Å². The van der Waals surface area contributed by atoms with Gasteiger partial charge in [-0.15, -0.1) is 6.58 Å². The van der Waals surface area contributed by atoms with Crippen molar-refractivity contribution in [2.45, 2.75) is 20.4 Å². The molecule has 7 heteroatoms. The Balaban J connectivity index is 1.86. The van der Waals surface area contributed by atoms with Crippen LogP contribution in [0.15, 0.2) is 65.2 Å². The molecule has 6 nitrogen and oxygen atoms in total. The Morgan fingerprint density at radius 3 is 2.55 bits per heavy atom. The number of nitrogens with zero attached hydrogens (tertiary/aromatic N) is 2. The van der Waals surface area contributed by atoms with Crippen molar-refractivity contribution in [3.63, 3.8) is 0 Å². The second-order valence-corrected chi connectivity index (χ2v) is 8.16. The van der Waals surface area contributed by atoms with E-state index in [1.54, 1.807) is 30.4 Å². The summed E-state index contributed by atoms with van der Waals surface area (Å²) in [6.07, 6.45) is 3.37. The maximum atomic E-state index is 13.3. The average Bonchev–Trinajstić information content (AvgIpc) is 2.99. The number of anilines is 1. The fraction of sp³-hybridized carbons (Fsp3) is 0.125. The van der Waals surface area contributed by atoms with Gasteiger partial charge in [0.25, 0.3) is 11.8 Å². The molecule has 1 aromatic heterocycles. The van der Waals surface area contributed by atoms with Crippen LogP contribution in [0.2, 0.25) is 0 Å². The number of rotatable bonds is 4. The van der Waals surface area contributed by atoms with E-state index in [2.05, 4.69) is 32.4 Å². The summed E-state index contributed by atoms with van der Waals surface area (Å²) in [6.45, 7) is 8.21. The summed E-state index contributed by atoms with van der Waals surface area (Å²) in [5, 5.41) is 3.20. The molecule has 0 spiro atoms. The van der Waals surface area contributed by atoms with E-state index in [4.69, 9.17) is 0 Å². The molecule has 1 aliphatic heterocycles. The highest BCUT2D eigenvalue weighted by Gasteiger charge is 2.37. The fourth-order valence-corrected chi connectivity index (χ4v) is 4.06. The summed E-state index contributed by atoms with van der Waals surface area (Å²) in [6, 6.07) is 12.1. The number of amides is 4. The lowest BCUT2D eigenvalue weighted by atomic mass is 10.0. The molecule has 0 unspecified atom stereocenters. The predicted octanol–water partition coefficient (Wildman–Crippen LogP) is 4.87. The number of halogens is 1. The van der Waals surface area contributed by atoms with Crippen LogP contribution >= 0.6 is 15.9 Å². The highest BCUT2D eigenvalue weighted by atomic mass is 79.9. The van der Waals surface area contributed by atoms with E-state index in [0.29, 0.717) is 12.2 Å². The fourth-order valence-electron chi connectivity index (χ4n) is 3.81. The minimum atomic E-state index is -0.764. The van der Waals surface area contributed by atoms with Crippen molar-refractivity contribution in [3.8, 4) is 0 Å². The number of benzene rings is 2. The quantitative estimate of drug-likeness (QED) is 0.330. The molecule has 0 bridgehead atoms. The molecule has 156 valence electrons. The zero-order valence-electron chi connectivity index (χ0n) is 17.1. The molecule has 4 rings (SSSR count). The molecular weight excluding hydrogens is 458 g/mol. The van der Waals surface area contributed by atoms with E-state index in [0.717, 1.165) is 37.1 Å². The summed E-state index contributed by atoms with van der Waals surface area (Å²) in [5.41, 5.74) is 3.81. The van der Waals surface area contributed by atoms with E-state index >= 15 is 0 Å². The number of allylic oxidation sites excluding steroid dienone is 1. The first-order chi connectivity index (χ1) is 14.8. The summed E-state index contributed by atoms with van der Waals surface area (Å²) < 4.78 is 2.93. The van der Waals surface area contributed by atoms with Gasteiger partial charge in [0, 0.05) is 33.2 Å². The number of carbonyl (C=O) groups is 3. The first kappa shape index (κ1) is 20.8. The van der Waals surface area contributed by atoms with Gasteiger partial charge in [-0.2, -0.15) is 0 Å². The largest absolute Gasteiger partial charge is 0.340 e. The van der Waals surface area contributed by atoms with Crippen molar-refractivity contribution < 1.29 is 14.4 Å². The topological polar surface area (TPSA) is 71.4 Å². The van der Waals surface area contributed by atoms with Gasteiger partial charge in [-0.25, -0.2) is 9.69 Å². The van der Waals surface area contributed by atoms with E-state index in [1.807, 2.05) is 38.1 Å². The third-order valence-electron chi connectivity index (χ3n) is 5.38. The van der Waals surface area contributed by atoms with Gasteiger partial charge in [0.05, 0.1) is 5.69 Å². The van der Waals surface area contributed by atoms with E-state index in [9.17, 15) is 14.4 Å². The van der Waals surface area contributed by atoms with Crippen LogP contribution in [0, 0.1) is 13.8 Å². The lowest BCUT2D eigenvalue weighted by molar-refractivity contribution is -0.122. The van der Waals surface area contributed by atoms with Crippen molar-refractivity contribution in [2.75, 3.05) is 4.90 Å². The number of carbonyl (C=O) groups excluding carboxylic acids is 3. The number of para-hydroxylation sites is 1. The minimum Gasteiger partial charge on any atom is -0.340 e. The number of urea groups is 1. The molecule has 2 heterocycles. The van der Waals surface area contributed by atoms with Gasteiger partial charge in [0.2, 0.25) is 0 Å². The third-order valence-corrected chi connectivity index (χ3v) is 6.27. The Morgan fingerprint density at radius 1 is 1.10 bits per heavy atom. The second kappa shape index (κ2) is 8.00. The molecule has 1 aliphatic rings. The molecule has 0 atom stereocenters. The number of aryl methyl sites for hydroxylation is 1. The maximum Gasteiger partial charge on any atom is 0.335 e. The van der Waals surface area contributed by atoms with Crippen LogP contribution in [0.4, 0.5) is 10.5 Å². The van der Waals surface area contributed by atoms with E-state index < -0.39 is 17.8 Å². The zero-order chi connectivity index (χ0) is 22.3. The molecule has 0 aliphatic carbocycles. The van der Waals surface area contributed by atoms with Gasteiger partial charge in [-0.05, 0) is 49.8 Å². The normalized spacial score (nSPS) is 15.6. The Labute approximate surface area is 188 Å². The van der Waals surface area contributed by atoms with Crippen molar-refractivity contribution in [1.29, 1.82) is 0 Å². The molecule has 31 heavy (non-hydrogen) atoms. The standard InChI is InChI=1S/C24H20BrN3O3/c1-4-11-27-15(3)18(17-7-5-6-8-21(17)27)13-19-22(29)26-24(31)28(23(19)30)16-9-10-20(25)14(2)12-16/h4-10,12-13H,1,11H2,2-3H3,(H,26,29,31)/b19-13+. The number of nitrogens with one attached hydrogen (secondary N) is 1. The molecule has 0 radical (unpaired) electrons. The van der Waals surface area contributed by atoms with Crippen LogP contribution < -0.4 is 10.2 Å². The highest BCUT2D eigenvalue weighted by molar-refractivity contribution is 9.10. The number of hydrogen-bond acceptors (Lipinski definition) is 3. The Bertz CT molecular complexity index is 1300. The minimum absolute atomic E-state index is 0.0928. The molecule has 1 saturated heterocycles. The smallest absolute Gasteiger partial charge is 0.335 e. The van der Waals surface area contributed by atoms with Crippen molar-refractivity contribution in [3.05, 3.63) is 82.0 Å². The Hall–Kier alpha value is -3.45. The number of aromatic nitrogens is 1. The first-order valence-corrected chi connectivity index (χ1v) is 10.5. The van der Waals surface area contributed by atoms with Crippen LogP contribution in [-0.2, 0) is 16.1 Å². The molecule has 1 N–H and O–H groups in total. The van der Waals surface area contributed by atoms with Gasteiger partial charge >= 0.3 is 6.03 Å². The van der Waals surface area contributed by atoms with Gasteiger partial charge in [0.1, 0.15) is 5.57 Å². The van der Waals surface area contributed by atoms with Crippen LogP contribution in [0.5, 0.6) is 0 Å². The lowest BCUT2D eigenvalue weighted by Crippen LogP contribution is -2.54. The number of imide groups is 2. The van der Waals surface area contributed by atoms with Gasteiger partial charge in [-0.3, -0.25) is 14.9 Å². The van der Waals surface area contributed by atoms with Crippen LogP contribution in [0.3, 0.4) is 0 Å². The number of fused-ring (bicyclic) bond motifs is 1. The molecule has 4 amide bonds. The number of barbiturate groups is 1. The van der Waals surface area contributed by atoms with Crippen molar-refractivity contribution in [2.24, 2.45) is 0 Å². The molecule has 3 aromatic rings. The van der Waals surface area contributed by atoms with Crippen LogP contribution in [0.1, 0.15) is 16.8 Å². The van der Waals surface area contributed by atoms with Gasteiger partial charge < -0.3 is 4.57 Å². The monoisotopic (exact) mass is 477 g/mol. The molecular formula is C24H20BrN3O3. The Kier molecular flexibility index (Phi) is 5.37. The SMILES string of the molecule is C=CCn1c(C)c(/C=C2\C(=O)NC(=O)N(c3ccc(Br)c(C)c3)C2=O)c2ccccc21. The van der Waals surface area contributed by atoms with Crippen LogP contribution in [-0.4, -0.2) is 22.4 Å². The predicted molar refractivity (Wildman–Crippen MR) is 125 cm³/mol. The van der Waals surface area contributed by atoms with E-state index in [1.165, 1.54) is 0 Å². The van der Waals surface area contributed by atoms with Crippen molar-refractivity contribution >= 4 is 56.4 Å². The van der Waals surface area contributed by atoms with Gasteiger partial charge in [0.15, 0.2) is 0 Å². The van der Waals surface area contributed by atoms with Gasteiger partial charge in [-0.1, -0.05) is 40.2 Å². The molecule has 0 saturated carbocycles. The van der Waals surface area contributed by atoms with Crippen LogP contribution in [0.25, 0.3) is 17.0 Å². The first-order valence-electron chi connectivity index (χ1n) is 9.69. The Morgan fingerprint density at radius 2 is 1.84 bits per heavy atom. The summed E-state index contributed by atoms with van der Waals surface area (Å²) in [7, 11) is 0. The summed E-state index contributed by atoms with van der Waals surface area (Å²) in [4.78, 5) is 39.4. The number of hydrogen-bond donors (Lipinski definition) is 1. The molecule has 2 aromatic carbocycles. The zero-order valence-corrected chi connectivity index (χ0v) is 18.7. The molecule has 1 fully saturated rings. The summed E-state index contributed by atoms with van der Waals surface area (Å²) >= 11 is 3.42. The average molecular weight is 478 g/mol. The van der Waals surface area contributed by atoms with Crippen molar-refractivity contribution in [1.82, 2.24) is 9.88 Å². The summed E-state index contributed by atoms with van der Waals surface area (Å²) in [5.74, 6) is -1.37. The third kappa shape index (κ3) is 3.51. The maximum absolute atomic E-state index is 13.3. The highest BCUT2D eigenvalue weighted by Crippen LogP contribution is 2.30. The second-order valence-electron chi connectivity index (χ2n) is 7.31.